The maximum absolute atomic E-state index is 5.89. The van der Waals surface area contributed by atoms with Gasteiger partial charge in [-0.3, -0.25) is 0 Å². The Bertz CT molecular complexity index is 480. The second-order valence-corrected chi connectivity index (χ2v) is 3.91. The number of pyridine rings is 1. The Morgan fingerprint density at radius 3 is 2.71 bits per heavy atom. The average Bonchev–Trinajstić information content (AvgIpc) is 2.19. The fourth-order valence-electron chi connectivity index (χ4n) is 1.40. The fourth-order valence-corrected chi connectivity index (χ4v) is 1.70. The number of hydrogen-bond donors (Lipinski definition) is 0. The van der Waals surface area contributed by atoms with Gasteiger partial charge < -0.3 is 0 Å². The highest BCUT2D eigenvalue weighted by Gasteiger charge is 2.02. The first kappa shape index (κ1) is 9.75. The molecule has 2 rings (SSSR count). The molecule has 1 aromatic carbocycles. The molecule has 0 saturated heterocycles. The van der Waals surface area contributed by atoms with Gasteiger partial charge in [-0.2, -0.15) is 0 Å². The van der Waals surface area contributed by atoms with E-state index in [2.05, 4.69) is 24.0 Å². The highest BCUT2D eigenvalue weighted by Crippen LogP contribution is 2.25. The van der Waals surface area contributed by atoms with Gasteiger partial charge in [0.15, 0.2) is 0 Å². The highest BCUT2D eigenvalue weighted by molar-refractivity contribution is 6.41. The molecule has 14 heavy (non-hydrogen) atoms. The molecule has 0 amide bonds. The lowest BCUT2D eigenvalue weighted by molar-refractivity contribution is 1.14. The third-order valence-electron chi connectivity index (χ3n) is 2.20. The van der Waals surface area contributed by atoms with Crippen molar-refractivity contribution >= 4 is 34.1 Å². The van der Waals surface area contributed by atoms with Crippen molar-refractivity contribution in [3.63, 3.8) is 0 Å². The van der Waals surface area contributed by atoms with E-state index in [-0.39, 0.29) is 0 Å². The lowest BCUT2D eigenvalue weighted by Crippen LogP contribution is -1.84. The first-order valence-corrected chi connectivity index (χ1v) is 5.21. The number of hydrogen-bond acceptors (Lipinski definition) is 1. The van der Waals surface area contributed by atoms with Crippen LogP contribution < -0.4 is 0 Å². The number of benzene rings is 1. The number of halogens is 2. The molecule has 0 aliphatic rings. The zero-order chi connectivity index (χ0) is 10.1. The van der Waals surface area contributed by atoms with Crippen LogP contribution in [0.3, 0.4) is 0 Å². The summed E-state index contributed by atoms with van der Waals surface area (Å²) >= 11 is 11.7. The van der Waals surface area contributed by atoms with E-state index < -0.39 is 0 Å². The Morgan fingerprint density at radius 1 is 1.21 bits per heavy atom. The lowest BCUT2D eigenvalue weighted by Gasteiger charge is -2.02. The number of nitrogens with zero attached hydrogens (tertiary/aromatic N) is 1. The molecular weight excluding hydrogens is 217 g/mol. The summed E-state index contributed by atoms with van der Waals surface area (Å²) < 4.78 is 0. The summed E-state index contributed by atoms with van der Waals surface area (Å²) in [6.07, 6.45) is 1.01. The molecule has 0 unspecified atom stereocenters. The maximum atomic E-state index is 5.89. The van der Waals surface area contributed by atoms with Crippen molar-refractivity contribution in [2.45, 2.75) is 13.3 Å². The molecule has 0 fully saturated rings. The van der Waals surface area contributed by atoms with Crippen molar-refractivity contribution in [1.82, 2.24) is 4.98 Å². The molecule has 0 aliphatic carbocycles. The molecule has 72 valence electrons. The summed E-state index contributed by atoms with van der Waals surface area (Å²) in [5, 5.41) is 1.91. The van der Waals surface area contributed by atoms with E-state index in [0.29, 0.717) is 10.2 Å². The van der Waals surface area contributed by atoms with Gasteiger partial charge in [0.05, 0.1) is 10.5 Å². The largest absolute Gasteiger partial charge is 0.235 e. The Hall–Kier alpha value is -0.790. The van der Waals surface area contributed by atoms with Gasteiger partial charge in [0.2, 0.25) is 0 Å². The first-order chi connectivity index (χ1) is 6.70. The quantitative estimate of drug-likeness (QED) is 0.667. The van der Waals surface area contributed by atoms with Crippen LogP contribution in [0.15, 0.2) is 24.3 Å². The molecule has 0 bridgehead atoms. The van der Waals surface area contributed by atoms with Crippen molar-refractivity contribution in [2.75, 3.05) is 0 Å². The highest BCUT2D eigenvalue weighted by atomic mass is 35.5. The zero-order valence-corrected chi connectivity index (χ0v) is 9.23. The Balaban J connectivity index is 2.70. The minimum atomic E-state index is 0.364. The third kappa shape index (κ3) is 1.70. The maximum Gasteiger partial charge on any atom is 0.148 e. The van der Waals surface area contributed by atoms with Gasteiger partial charge in [-0.1, -0.05) is 36.2 Å². The molecule has 1 nitrogen and oxygen atoms in total. The van der Waals surface area contributed by atoms with E-state index in [1.165, 1.54) is 5.56 Å². The minimum Gasteiger partial charge on any atom is -0.235 e. The SMILES string of the molecule is CCc1ccc2nc(Cl)c(Cl)cc2c1. The fraction of sp³-hybridized carbons (Fsp3) is 0.182. The van der Waals surface area contributed by atoms with Gasteiger partial charge in [0.1, 0.15) is 5.15 Å². The second kappa shape index (κ2) is 3.76. The average molecular weight is 226 g/mol. The van der Waals surface area contributed by atoms with E-state index in [1.54, 1.807) is 0 Å². The molecule has 0 radical (unpaired) electrons. The Morgan fingerprint density at radius 2 is 2.00 bits per heavy atom. The molecule has 0 saturated carbocycles. The van der Waals surface area contributed by atoms with Crippen LogP contribution in [0, 0.1) is 0 Å². The summed E-state index contributed by atoms with van der Waals surface area (Å²) in [6, 6.07) is 7.96. The van der Waals surface area contributed by atoms with Crippen molar-refractivity contribution < 1.29 is 0 Å². The van der Waals surface area contributed by atoms with Gasteiger partial charge >= 0.3 is 0 Å². The van der Waals surface area contributed by atoms with Gasteiger partial charge in [0, 0.05) is 5.39 Å². The molecule has 1 heterocycles. The van der Waals surface area contributed by atoms with Crippen molar-refractivity contribution in [3.8, 4) is 0 Å². The molecule has 3 heteroatoms. The summed E-state index contributed by atoms with van der Waals surface area (Å²) in [5.74, 6) is 0. The van der Waals surface area contributed by atoms with Crippen LogP contribution in [0.5, 0.6) is 0 Å². The molecular formula is C11H9Cl2N. The number of aromatic nitrogens is 1. The second-order valence-electron chi connectivity index (χ2n) is 3.14. The van der Waals surface area contributed by atoms with E-state index in [9.17, 15) is 0 Å². The van der Waals surface area contributed by atoms with E-state index >= 15 is 0 Å². The third-order valence-corrected chi connectivity index (χ3v) is 2.87. The Kier molecular flexibility index (Phi) is 2.62. The lowest BCUT2D eigenvalue weighted by atomic mass is 10.1. The first-order valence-electron chi connectivity index (χ1n) is 4.45. The van der Waals surface area contributed by atoms with Crippen LogP contribution in [0.25, 0.3) is 10.9 Å². The van der Waals surface area contributed by atoms with Crippen LogP contribution in [0.1, 0.15) is 12.5 Å². The van der Waals surface area contributed by atoms with Gasteiger partial charge in [-0.25, -0.2) is 4.98 Å². The number of rotatable bonds is 1. The van der Waals surface area contributed by atoms with Crippen molar-refractivity contribution in [2.24, 2.45) is 0 Å². The topological polar surface area (TPSA) is 12.9 Å². The minimum absolute atomic E-state index is 0.364. The van der Waals surface area contributed by atoms with Crippen LogP contribution in [-0.4, -0.2) is 4.98 Å². The summed E-state index contributed by atoms with van der Waals surface area (Å²) in [7, 11) is 0. The monoisotopic (exact) mass is 225 g/mol. The normalized spacial score (nSPS) is 10.8. The molecule has 0 atom stereocenters. The molecule has 1 aromatic heterocycles. The van der Waals surface area contributed by atoms with Crippen LogP contribution in [0.2, 0.25) is 10.2 Å². The molecule has 0 spiro atoms. The summed E-state index contributed by atoms with van der Waals surface area (Å²) in [6.45, 7) is 2.12. The number of fused-ring (bicyclic) bond motifs is 1. The van der Waals surface area contributed by atoms with Gasteiger partial charge in [-0.15, -0.1) is 0 Å². The van der Waals surface area contributed by atoms with Gasteiger partial charge in [-0.05, 0) is 30.2 Å². The van der Waals surface area contributed by atoms with Crippen LogP contribution in [-0.2, 0) is 6.42 Å². The predicted octanol–water partition coefficient (Wildman–Crippen LogP) is 4.10. The Labute approximate surface area is 92.7 Å². The summed E-state index contributed by atoms with van der Waals surface area (Å²) in [5.41, 5.74) is 2.16. The van der Waals surface area contributed by atoms with Crippen molar-refractivity contribution in [1.29, 1.82) is 0 Å². The van der Waals surface area contributed by atoms with E-state index in [4.69, 9.17) is 23.2 Å². The summed E-state index contributed by atoms with van der Waals surface area (Å²) in [4.78, 5) is 4.18. The standard InChI is InChI=1S/C11H9Cl2N/c1-2-7-3-4-10-8(5-7)6-9(12)11(13)14-10/h3-6H,2H2,1H3. The zero-order valence-electron chi connectivity index (χ0n) is 7.72. The van der Waals surface area contributed by atoms with Gasteiger partial charge in [0.25, 0.3) is 0 Å². The number of aryl methyl sites for hydroxylation is 1. The van der Waals surface area contributed by atoms with Crippen LogP contribution >= 0.6 is 23.2 Å². The van der Waals surface area contributed by atoms with E-state index in [0.717, 1.165) is 17.3 Å². The van der Waals surface area contributed by atoms with Crippen LogP contribution in [0.4, 0.5) is 0 Å². The smallest absolute Gasteiger partial charge is 0.148 e. The van der Waals surface area contributed by atoms with Crippen molar-refractivity contribution in [3.05, 3.63) is 40.0 Å². The molecule has 2 aromatic rings. The van der Waals surface area contributed by atoms with E-state index in [1.807, 2.05) is 12.1 Å². The molecule has 0 aliphatic heterocycles. The molecule has 0 N–H and O–H groups in total. The predicted molar refractivity (Wildman–Crippen MR) is 61.1 cm³/mol.